The molecule has 25 heavy (non-hydrogen) atoms. The first-order chi connectivity index (χ1) is 12.3. The molecule has 0 radical (unpaired) electrons. The summed E-state index contributed by atoms with van der Waals surface area (Å²) < 4.78 is 10.8. The van der Waals surface area contributed by atoms with E-state index in [0.717, 1.165) is 31.7 Å². The number of nitrogens with zero attached hydrogens (tertiary/aromatic N) is 6. The van der Waals surface area contributed by atoms with Crippen LogP contribution in [-0.4, -0.2) is 77.6 Å². The van der Waals surface area contributed by atoms with E-state index in [2.05, 4.69) is 29.7 Å². The van der Waals surface area contributed by atoms with Crippen molar-refractivity contribution in [1.29, 1.82) is 0 Å². The van der Waals surface area contributed by atoms with Gasteiger partial charge in [0.15, 0.2) is 5.82 Å². The Labute approximate surface area is 145 Å². The lowest BCUT2D eigenvalue weighted by Gasteiger charge is -2.30. The molecule has 0 aliphatic carbocycles. The lowest BCUT2D eigenvalue weighted by molar-refractivity contribution is 0.121. The van der Waals surface area contributed by atoms with Gasteiger partial charge >= 0.3 is 0 Å². The van der Waals surface area contributed by atoms with Gasteiger partial charge in [0.2, 0.25) is 17.8 Å². The standard InChI is InChI=1S/C16H20N6O3/c23-13-2-1-12(11-17-13)14-18-15(21-3-7-24-8-4-21)20-16(19-14)22-5-9-25-10-6-22/h1-2,11H,3-10H2,(H,17,23). The lowest BCUT2D eigenvalue weighted by atomic mass is 10.2. The number of hydrogen-bond acceptors (Lipinski definition) is 9. The number of aromatic hydroxyl groups is 1. The van der Waals surface area contributed by atoms with Crippen LogP contribution in [0.4, 0.5) is 11.9 Å². The Hall–Kier alpha value is -2.52. The van der Waals surface area contributed by atoms with Crippen LogP contribution in [0.5, 0.6) is 5.88 Å². The zero-order valence-electron chi connectivity index (χ0n) is 13.8. The molecule has 2 fully saturated rings. The van der Waals surface area contributed by atoms with E-state index in [9.17, 15) is 5.11 Å². The number of morpholine rings is 2. The molecule has 4 heterocycles. The van der Waals surface area contributed by atoms with Gasteiger partial charge in [-0.15, -0.1) is 0 Å². The third-order valence-corrected chi connectivity index (χ3v) is 4.21. The molecule has 0 bridgehead atoms. The summed E-state index contributed by atoms with van der Waals surface area (Å²) in [6, 6.07) is 3.28. The monoisotopic (exact) mass is 344 g/mol. The highest BCUT2D eigenvalue weighted by atomic mass is 16.5. The van der Waals surface area contributed by atoms with Crippen LogP contribution in [0.2, 0.25) is 0 Å². The normalized spacial score (nSPS) is 18.4. The van der Waals surface area contributed by atoms with Gasteiger partial charge in [-0.2, -0.15) is 15.0 Å². The summed E-state index contributed by atoms with van der Waals surface area (Å²) >= 11 is 0. The van der Waals surface area contributed by atoms with Crippen LogP contribution in [-0.2, 0) is 9.47 Å². The second kappa shape index (κ2) is 7.16. The molecular weight excluding hydrogens is 324 g/mol. The van der Waals surface area contributed by atoms with Crippen molar-refractivity contribution < 1.29 is 14.6 Å². The largest absolute Gasteiger partial charge is 0.493 e. The fourth-order valence-corrected chi connectivity index (χ4v) is 2.81. The molecule has 1 N–H and O–H groups in total. The minimum atomic E-state index is -0.0281. The van der Waals surface area contributed by atoms with Gasteiger partial charge in [0.05, 0.1) is 26.4 Å². The molecule has 2 aliphatic rings. The highest BCUT2D eigenvalue weighted by Crippen LogP contribution is 2.23. The first kappa shape index (κ1) is 16.0. The highest BCUT2D eigenvalue weighted by Gasteiger charge is 2.21. The average Bonchev–Trinajstić information content (AvgIpc) is 2.69. The summed E-state index contributed by atoms with van der Waals surface area (Å²) in [6.07, 6.45) is 1.57. The topological polar surface area (TPSA) is 96.7 Å². The van der Waals surface area contributed by atoms with Gasteiger partial charge in [-0.25, -0.2) is 4.98 Å². The van der Waals surface area contributed by atoms with Crippen LogP contribution in [0.25, 0.3) is 11.4 Å². The van der Waals surface area contributed by atoms with Crippen LogP contribution in [0, 0.1) is 0 Å². The van der Waals surface area contributed by atoms with Crippen molar-refractivity contribution in [3.63, 3.8) is 0 Å². The molecule has 9 nitrogen and oxygen atoms in total. The number of rotatable bonds is 3. The number of anilines is 2. The Morgan fingerprint density at radius 2 is 1.36 bits per heavy atom. The lowest BCUT2D eigenvalue weighted by Crippen LogP contribution is -2.40. The van der Waals surface area contributed by atoms with Crippen LogP contribution < -0.4 is 9.80 Å². The van der Waals surface area contributed by atoms with Gasteiger partial charge in [-0.3, -0.25) is 0 Å². The summed E-state index contributed by atoms with van der Waals surface area (Å²) in [7, 11) is 0. The maximum absolute atomic E-state index is 9.41. The van der Waals surface area contributed by atoms with E-state index in [-0.39, 0.29) is 5.88 Å². The average molecular weight is 344 g/mol. The Kier molecular flexibility index (Phi) is 4.57. The van der Waals surface area contributed by atoms with E-state index in [0.29, 0.717) is 44.1 Å². The zero-order valence-corrected chi connectivity index (χ0v) is 13.8. The number of ether oxygens (including phenoxy) is 2. The van der Waals surface area contributed by atoms with Crippen molar-refractivity contribution >= 4 is 11.9 Å². The molecule has 9 heteroatoms. The van der Waals surface area contributed by atoms with E-state index in [1.54, 1.807) is 12.3 Å². The summed E-state index contributed by atoms with van der Waals surface area (Å²) in [4.78, 5) is 22.0. The molecule has 132 valence electrons. The molecule has 4 rings (SSSR count). The molecule has 0 unspecified atom stereocenters. The first-order valence-corrected chi connectivity index (χ1v) is 8.36. The third-order valence-electron chi connectivity index (χ3n) is 4.21. The fourth-order valence-electron chi connectivity index (χ4n) is 2.81. The summed E-state index contributed by atoms with van der Waals surface area (Å²) in [5.74, 6) is 1.80. The molecule has 2 aromatic heterocycles. The molecule has 0 aromatic carbocycles. The molecule has 2 aliphatic heterocycles. The molecule has 2 saturated heterocycles. The number of aromatic nitrogens is 4. The third kappa shape index (κ3) is 3.62. The van der Waals surface area contributed by atoms with Crippen LogP contribution in [0.3, 0.4) is 0 Å². The Morgan fingerprint density at radius 1 is 0.800 bits per heavy atom. The van der Waals surface area contributed by atoms with Crippen molar-refractivity contribution in [2.24, 2.45) is 0 Å². The SMILES string of the molecule is Oc1ccc(-c2nc(N3CCOCC3)nc(N3CCOCC3)n2)cn1. The van der Waals surface area contributed by atoms with Crippen LogP contribution in [0.15, 0.2) is 18.3 Å². The zero-order chi connectivity index (χ0) is 17.1. The maximum Gasteiger partial charge on any atom is 0.230 e. The Balaban J connectivity index is 1.72. The number of pyridine rings is 1. The highest BCUT2D eigenvalue weighted by molar-refractivity contribution is 5.58. The first-order valence-electron chi connectivity index (χ1n) is 8.36. The van der Waals surface area contributed by atoms with E-state index < -0.39 is 0 Å². The molecule has 0 amide bonds. The van der Waals surface area contributed by atoms with Gasteiger partial charge in [0.1, 0.15) is 0 Å². The van der Waals surface area contributed by atoms with Gasteiger partial charge < -0.3 is 24.4 Å². The summed E-state index contributed by atoms with van der Waals surface area (Å²) in [5.41, 5.74) is 0.740. The predicted molar refractivity (Wildman–Crippen MR) is 90.8 cm³/mol. The van der Waals surface area contributed by atoms with E-state index in [1.165, 1.54) is 6.07 Å². The number of hydrogen-bond donors (Lipinski definition) is 1. The minimum absolute atomic E-state index is 0.0281. The predicted octanol–water partition coefficient (Wildman–Crippen LogP) is 0.312. The quantitative estimate of drug-likeness (QED) is 0.844. The molecule has 2 aromatic rings. The van der Waals surface area contributed by atoms with Crippen molar-refractivity contribution in [2.75, 3.05) is 62.4 Å². The van der Waals surface area contributed by atoms with Crippen LogP contribution >= 0.6 is 0 Å². The van der Waals surface area contributed by atoms with E-state index in [1.807, 2.05) is 0 Å². The molecule has 0 atom stereocenters. The second-order valence-corrected chi connectivity index (χ2v) is 5.86. The molecular formula is C16H20N6O3. The summed E-state index contributed by atoms with van der Waals surface area (Å²) in [6.45, 7) is 5.64. The molecule has 0 saturated carbocycles. The second-order valence-electron chi connectivity index (χ2n) is 5.86. The van der Waals surface area contributed by atoms with Gasteiger partial charge in [0, 0.05) is 44.0 Å². The van der Waals surface area contributed by atoms with E-state index >= 15 is 0 Å². The van der Waals surface area contributed by atoms with Crippen molar-refractivity contribution in [3.05, 3.63) is 18.3 Å². The molecule has 0 spiro atoms. The van der Waals surface area contributed by atoms with Gasteiger partial charge in [-0.1, -0.05) is 0 Å². The van der Waals surface area contributed by atoms with Gasteiger partial charge in [0.25, 0.3) is 0 Å². The Bertz CT molecular complexity index is 678. The van der Waals surface area contributed by atoms with Crippen molar-refractivity contribution in [3.8, 4) is 17.3 Å². The minimum Gasteiger partial charge on any atom is -0.493 e. The Morgan fingerprint density at radius 3 is 1.84 bits per heavy atom. The van der Waals surface area contributed by atoms with Crippen LogP contribution in [0.1, 0.15) is 0 Å². The van der Waals surface area contributed by atoms with Gasteiger partial charge in [-0.05, 0) is 6.07 Å². The van der Waals surface area contributed by atoms with E-state index in [4.69, 9.17) is 9.47 Å². The fraction of sp³-hybridized carbons (Fsp3) is 0.500. The van der Waals surface area contributed by atoms with Crippen molar-refractivity contribution in [1.82, 2.24) is 19.9 Å². The smallest absolute Gasteiger partial charge is 0.230 e. The van der Waals surface area contributed by atoms with Crippen molar-refractivity contribution in [2.45, 2.75) is 0 Å². The summed E-state index contributed by atoms with van der Waals surface area (Å²) in [5, 5.41) is 9.41. The maximum atomic E-state index is 9.41.